The van der Waals surface area contributed by atoms with Crippen LogP contribution in [0.4, 0.5) is 5.69 Å². The maximum atomic E-state index is 12.6. The average Bonchev–Trinajstić information content (AvgIpc) is 2.75. The minimum Gasteiger partial charge on any atom is -0.325 e. The fourth-order valence-corrected chi connectivity index (χ4v) is 4.02. The van der Waals surface area contributed by atoms with Crippen LogP contribution in [-0.2, 0) is 9.59 Å². The Morgan fingerprint density at radius 1 is 1.20 bits per heavy atom. The van der Waals surface area contributed by atoms with E-state index in [1.165, 1.54) is 11.8 Å². The van der Waals surface area contributed by atoms with Gasteiger partial charge in [0.15, 0.2) is 5.17 Å². The number of thioether (sulfide) groups is 1. The summed E-state index contributed by atoms with van der Waals surface area (Å²) in [5.74, 6) is -0.475. The maximum Gasteiger partial charge on any atom is 0.238 e. The zero-order valence-electron chi connectivity index (χ0n) is 16.6. The molecular formula is C22H23BrN4O2S. The van der Waals surface area contributed by atoms with E-state index in [9.17, 15) is 9.59 Å². The molecule has 0 radical (unpaired) electrons. The second-order valence-electron chi connectivity index (χ2n) is 6.78. The second-order valence-corrected chi connectivity index (χ2v) is 8.88. The maximum absolute atomic E-state index is 12.6. The van der Waals surface area contributed by atoms with Crippen molar-refractivity contribution in [3.05, 3.63) is 64.6 Å². The van der Waals surface area contributed by atoms with Crippen LogP contribution < -0.4 is 10.6 Å². The van der Waals surface area contributed by atoms with Crippen molar-refractivity contribution in [3.8, 4) is 0 Å². The highest BCUT2D eigenvalue weighted by Gasteiger charge is 2.30. The largest absolute Gasteiger partial charge is 0.325 e. The first kappa shape index (κ1) is 22.2. The van der Waals surface area contributed by atoms with Crippen molar-refractivity contribution < 1.29 is 9.59 Å². The minimum absolute atomic E-state index is 0.0944. The van der Waals surface area contributed by atoms with Gasteiger partial charge in [-0.1, -0.05) is 71.4 Å². The predicted octanol–water partition coefficient (Wildman–Crippen LogP) is 4.96. The van der Waals surface area contributed by atoms with Crippen LogP contribution in [0.15, 0.2) is 69.3 Å². The number of benzene rings is 2. The van der Waals surface area contributed by atoms with Gasteiger partial charge in [-0.3, -0.25) is 9.59 Å². The van der Waals surface area contributed by atoms with Gasteiger partial charge >= 0.3 is 0 Å². The lowest BCUT2D eigenvalue weighted by Crippen LogP contribution is -2.41. The molecule has 0 spiro atoms. The Morgan fingerprint density at radius 2 is 1.93 bits per heavy atom. The van der Waals surface area contributed by atoms with Gasteiger partial charge in [-0.05, 0) is 42.7 Å². The first-order chi connectivity index (χ1) is 14.5. The number of hydrogen-bond donors (Lipinski definition) is 2. The second kappa shape index (κ2) is 11.1. The molecule has 156 valence electrons. The quantitative estimate of drug-likeness (QED) is 0.428. The van der Waals surface area contributed by atoms with Gasteiger partial charge in [-0.25, -0.2) is 0 Å². The van der Waals surface area contributed by atoms with E-state index in [4.69, 9.17) is 0 Å². The zero-order valence-corrected chi connectivity index (χ0v) is 19.0. The van der Waals surface area contributed by atoms with Crippen LogP contribution in [0.3, 0.4) is 0 Å². The molecule has 2 aromatic carbocycles. The van der Waals surface area contributed by atoms with Crippen LogP contribution in [-0.4, -0.2) is 27.9 Å². The van der Waals surface area contributed by atoms with Crippen molar-refractivity contribution in [2.45, 2.75) is 37.9 Å². The highest BCUT2D eigenvalue weighted by molar-refractivity contribution is 9.10. The lowest BCUT2D eigenvalue weighted by molar-refractivity contribution is -0.123. The molecule has 0 unspecified atom stereocenters. The summed E-state index contributed by atoms with van der Waals surface area (Å²) in [7, 11) is 0. The van der Waals surface area contributed by atoms with Crippen molar-refractivity contribution in [3.63, 3.8) is 0 Å². The number of nitrogens with zero attached hydrogens (tertiary/aromatic N) is 2. The summed E-state index contributed by atoms with van der Waals surface area (Å²) in [5.41, 5.74) is 2.55. The molecule has 1 saturated heterocycles. The SMILES string of the molecule is CCCC/C(=N\N=C1/NC(=O)C[C@@H](C(=O)Nc2ccc(Br)cc2)S1)c1ccccc1. The Labute approximate surface area is 188 Å². The van der Waals surface area contributed by atoms with E-state index >= 15 is 0 Å². The molecule has 1 aliphatic heterocycles. The molecule has 30 heavy (non-hydrogen) atoms. The summed E-state index contributed by atoms with van der Waals surface area (Å²) in [6.45, 7) is 2.13. The summed E-state index contributed by atoms with van der Waals surface area (Å²) in [6.07, 6.45) is 2.93. The molecule has 1 atom stereocenters. The normalized spacial score (nSPS) is 18.2. The van der Waals surface area contributed by atoms with E-state index in [1.54, 1.807) is 12.1 Å². The molecule has 1 aliphatic rings. The standard InChI is InChI=1S/C22H23BrN4O2S/c1-2-3-9-18(15-7-5-4-6-8-15)26-27-22-25-20(28)14-19(30-22)21(29)24-17-12-10-16(23)11-13-17/h4-8,10-13,19H,2-3,9,14H2,1H3,(H,24,29)(H,25,27,28)/b26-18+/t19-/m0/s1. The van der Waals surface area contributed by atoms with Crippen LogP contribution in [0.5, 0.6) is 0 Å². The van der Waals surface area contributed by atoms with Crippen molar-refractivity contribution >= 4 is 56.1 Å². The number of hydrogen-bond acceptors (Lipinski definition) is 5. The predicted molar refractivity (Wildman–Crippen MR) is 127 cm³/mol. The van der Waals surface area contributed by atoms with E-state index in [-0.39, 0.29) is 18.2 Å². The molecule has 0 saturated carbocycles. The van der Waals surface area contributed by atoms with Crippen molar-refractivity contribution in [2.75, 3.05) is 5.32 Å². The first-order valence-corrected chi connectivity index (χ1v) is 11.5. The van der Waals surface area contributed by atoms with Crippen LogP contribution in [0, 0.1) is 0 Å². The minimum atomic E-state index is -0.563. The molecule has 2 N–H and O–H groups in total. The smallest absolute Gasteiger partial charge is 0.238 e. The molecule has 0 aromatic heterocycles. The molecule has 0 aliphatic carbocycles. The van der Waals surface area contributed by atoms with Gasteiger partial charge in [0.2, 0.25) is 11.8 Å². The van der Waals surface area contributed by atoms with E-state index in [2.05, 4.69) is 43.7 Å². The van der Waals surface area contributed by atoms with Gasteiger partial charge in [0, 0.05) is 16.6 Å². The Hall–Kier alpha value is -2.45. The summed E-state index contributed by atoms with van der Waals surface area (Å²) in [5, 5.41) is 14.0. The molecule has 2 amide bonds. The number of carbonyl (C=O) groups is 2. The van der Waals surface area contributed by atoms with Crippen LogP contribution >= 0.6 is 27.7 Å². The van der Waals surface area contributed by atoms with Crippen LogP contribution in [0.2, 0.25) is 0 Å². The number of nitrogens with one attached hydrogen (secondary N) is 2. The van der Waals surface area contributed by atoms with Gasteiger partial charge in [-0.15, -0.1) is 5.10 Å². The number of unbranched alkanes of at least 4 members (excludes halogenated alkanes) is 1. The summed E-state index contributed by atoms with van der Waals surface area (Å²) < 4.78 is 0.927. The van der Waals surface area contributed by atoms with Gasteiger partial charge < -0.3 is 10.6 Å². The number of halogens is 1. The molecule has 2 aromatic rings. The van der Waals surface area contributed by atoms with E-state index in [1.807, 2.05) is 42.5 Å². The third-order valence-electron chi connectivity index (χ3n) is 4.41. The van der Waals surface area contributed by atoms with Gasteiger partial charge in [-0.2, -0.15) is 5.10 Å². The number of carbonyl (C=O) groups excluding carboxylic acids is 2. The Bertz CT molecular complexity index is 945. The topological polar surface area (TPSA) is 82.9 Å². The lowest BCUT2D eigenvalue weighted by atomic mass is 10.1. The van der Waals surface area contributed by atoms with Crippen molar-refractivity contribution in [1.29, 1.82) is 0 Å². The molecule has 1 fully saturated rings. The van der Waals surface area contributed by atoms with E-state index in [0.29, 0.717) is 10.9 Å². The van der Waals surface area contributed by atoms with Crippen molar-refractivity contribution in [2.24, 2.45) is 10.2 Å². The number of amides is 2. The Morgan fingerprint density at radius 3 is 2.63 bits per heavy atom. The highest BCUT2D eigenvalue weighted by atomic mass is 79.9. The fraction of sp³-hybridized carbons (Fsp3) is 0.273. The molecule has 1 heterocycles. The summed E-state index contributed by atoms with van der Waals surface area (Å²) in [6, 6.07) is 17.2. The fourth-order valence-electron chi connectivity index (χ4n) is 2.83. The molecular weight excluding hydrogens is 464 g/mol. The average molecular weight is 487 g/mol. The lowest BCUT2D eigenvalue weighted by Gasteiger charge is -2.21. The summed E-state index contributed by atoms with van der Waals surface area (Å²) >= 11 is 4.58. The third kappa shape index (κ3) is 6.53. The Kier molecular flexibility index (Phi) is 8.21. The van der Waals surface area contributed by atoms with Gasteiger partial charge in [0.05, 0.1) is 5.71 Å². The first-order valence-electron chi connectivity index (χ1n) is 9.78. The molecule has 6 nitrogen and oxygen atoms in total. The molecule has 0 bridgehead atoms. The van der Waals surface area contributed by atoms with E-state index in [0.717, 1.165) is 35.0 Å². The number of amidine groups is 1. The van der Waals surface area contributed by atoms with Crippen LogP contribution in [0.25, 0.3) is 0 Å². The Balaban J connectivity index is 1.73. The zero-order chi connectivity index (χ0) is 21.3. The monoisotopic (exact) mass is 486 g/mol. The van der Waals surface area contributed by atoms with E-state index < -0.39 is 5.25 Å². The number of anilines is 1. The van der Waals surface area contributed by atoms with Crippen molar-refractivity contribution in [1.82, 2.24) is 5.32 Å². The van der Waals surface area contributed by atoms with Gasteiger partial charge in [0.25, 0.3) is 0 Å². The van der Waals surface area contributed by atoms with Crippen LogP contribution in [0.1, 0.15) is 38.2 Å². The number of rotatable bonds is 7. The summed E-state index contributed by atoms with van der Waals surface area (Å²) in [4.78, 5) is 24.8. The molecule has 8 heteroatoms. The van der Waals surface area contributed by atoms with Gasteiger partial charge in [0.1, 0.15) is 5.25 Å². The third-order valence-corrected chi connectivity index (χ3v) is 6.01. The highest BCUT2D eigenvalue weighted by Crippen LogP contribution is 2.23. The molecule has 3 rings (SSSR count).